The zero-order valence-corrected chi connectivity index (χ0v) is 17.1. The molecular formula is C22H21ClN4S. The molecule has 0 saturated carbocycles. The summed E-state index contributed by atoms with van der Waals surface area (Å²) in [6.07, 6.45) is 5.07. The normalized spacial score (nSPS) is 23.7. The lowest BCUT2D eigenvalue weighted by molar-refractivity contribution is 0.249. The summed E-state index contributed by atoms with van der Waals surface area (Å²) in [5.74, 6) is 1.10. The number of aliphatic imine (C=N–C) groups is 1. The fraction of sp³-hybridized carbons (Fsp3) is 0.273. The van der Waals surface area contributed by atoms with Crippen molar-refractivity contribution in [1.82, 2.24) is 14.5 Å². The molecule has 4 heterocycles. The minimum absolute atomic E-state index is 0.00844. The van der Waals surface area contributed by atoms with E-state index < -0.39 is 0 Å². The SMILES string of the molecule is CCC1CSC2=NC(c3ccccn3)C(c3cccn3-c3cccc(Cl)c3)N21. The summed E-state index contributed by atoms with van der Waals surface area (Å²) in [6.45, 7) is 2.26. The summed E-state index contributed by atoms with van der Waals surface area (Å²) in [5, 5.41) is 1.89. The summed E-state index contributed by atoms with van der Waals surface area (Å²) in [5.41, 5.74) is 3.31. The Labute approximate surface area is 174 Å². The molecule has 5 rings (SSSR count). The number of hydrogen-bond acceptors (Lipinski definition) is 4. The van der Waals surface area contributed by atoms with Crippen molar-refractivity contribution in [3.63, 3.8) is 0 Å². The van der Waals surface area contributed by atoms with Gasteiger partial charge in [-0.05, 0) is 48.9 Å². The second-order valence-corrected chi connectivity index (χ2v) is 8.54. The zero-order chi connectivity index (χ0) is 19.1. The van der Waals surface area contributed by atoms with Crippen molar-refractivity contribution < 1.29 is 0 Å². The number of pyridine rings is 1. The standard InChI is InChI=1S/C22H21ClN4S/c1-2-16-14-28-22-25-20(18-9-3-4-11-24-18)21(27(16)22)19-10-6-12-26(19)17-8-5-7-15(23)13-17/h3-13,16,20-21H,2,14H2,1H3. The van der Waals surface area contributed by atoms with Gasteiger partial charge in [0.25, 0.3) is 0 Å². The highest BCUT2D eigenvalue weighted by Crippen LogP contribution is 2.48. The maximum absolute atomic E-state index is 6.27. The molecule has 0 N–H and O–H groups in total. The first-order chi connectivity index (χ1) is 13.8. The van der Waals surface area contributed by atoms with Gasteiger partial charge in [-0.25, -0.2) is 0 Å². The van der Waals surface area contributed by atoms with Gasteiger partial charge in [0, 0.05) is 40.6 Å². The van der Waals surface area contributed by atoms with E-state index in [9.17, 15) is 0 Å². The van der Waals surface area contributed by atoms with Crippen molar-refractivity contribution in [1.29, 1.82) is 0 Å². The van der Waals surface area contributed by atoms with Crippen LogP contribution in [0.25, 0.3) is 5.69 Å². The molecule has 4 nitrogen and oxygen atoms in total. The Morgan fingerprint density at radius 2 is 2.07 bits per heavy atom. The lowest BCUT2D eigenvalue weighted by atomic mass is 9.99. The Morgan fingerprint density at radius 1 is 1.14 bits per heavy atom. The molecule has 1 saturated heterocycles. The number of thioether (sulfide) groups is 1. The Kier molecular flexibility index (Phi) is 4.65. The van der Waals surface area contributed by atoms with Crippen LogP contribution in [0.5, 0.6) is 0 Å². The van der Waals surface area contributed by atoms with E-state index in [1.165, 1.54) is 5.69 Å². The first kappa shape index (κ1) is 17.8. The van der Waals surface area contributed by atoms with E-state index in [1.54, 1.807) is 0 Å². The van der Waals surface area contributed by atoms with Crippen LogP contribution in [-0.4, -0.2) is 31.4 Å². The molecule has 2 aliphatic rings. The molecule has 3 atom stereocenters. The molecule has 1 aromatic carbocycles. The fourth-order valence-corrected chi connectivity index (χ4v) is 5.69. The minimum atomic E-state index is -0.00844. The Bertz CT molecular complexity index is 1020. The topological polar surface area (TPSA) is 33.4 Å². The first-order valence-corrected chi connectivity index (χ1v) is 11.0. The maximum Gasteiger partial charge on any atom is 0.160 e. The minimum Gasteiger partial charge on any atom is -0.337 e. The largest absolute Gasteiger partial charge is 0.337 e. The number of halogens is 1. The maximum atomic E-state index is 6.27. The number of aromatic nitrogens is 2. The van der Waals surface area contributed by atoms with Crippen molar-refractivity contribution in [2.24, 2.45) is 4.99 Å². The summed E-state index contributed by atoms with van der Waals surface area (Å²) in [6, 6.07) is 19.0. The summed E-state index contributed by atoms with van der Waals surface area (Å²) in [7, 11) is 0. The van der Waals surface area contributed by atoms with Crippen molar-refractivity contribution in [2.75, 3.05) is 5.75 Å². The number of fused-ring (bicyclic) bond motifs is 1. The highest BCUT2D eigenvalue weighted by Gasteiger charge is 2.46. The molecule has 0 radical (unpaired) electrons. The predicted octanol–water partition coefficient (Wildman–Crippen LogP) is 5.51. The molecule has 2 aromatic heterocycles. The molecule has 6 heteroatoms. The first-order valence-electron chi connectivity index (χ1n) is 9.59. The average molecular weight is 409 g/mol. The molecule has 1 fully saturated rings. The number of rotatable bonds is 4. The number of amidine groups is 1. The molecule has 2 aliphatic heterocycles. The van der Waals surface area contributed by atoms with Gasteiger partial charge in [-0.15, -0.1) is 0 Å². The highest BCUT2D eigenvalue weighted by molar-refractivity contribution is 8.14. The van der Waals surface area contributed by atoms with Crippen LogP contribution in [0.15, 0.2) is 72.0 Å². The quantitative estimate of drug-likeness (QED) is 0.571. The lowest BCUT2D eigenvalue weighted by Crippen LogP contribution is -2.36. The Morgan fingerprint density at radius 3 is 2.86 bits per heavy atom. The Hall–Kier alpha value is -2.24. The van der Waals surface area contributed by atoms with E-state index in [0.29, 0.717) is 6.04 Å². The van der Waals surface area contributed by atoms with E-state index in [4.69, 9.17) is 16.6 Å². The van der Waals surface area contributed by atoms with Crippen molar-refractivity contribution in [3.8, 4) is 5.69 Å². The number of benzene rings is 1. The molecule has 0 aliphatic carbocycles. The van der Waals surface area contributed by atoms with Crippen LogP contribution in [0.1, 0.15) is 36.8 Å². The number of nitrogens with zero attached hydrogens (tertiary/aromatic N) is 4. The van der Waals surface area contributed by atoms with Crippen molar-refractivity contribution in [2.45, 2.75) is 31.5 Å². The van der Waals surface area contributed by atoms with Gasteiger partial charge in [-0.2, -0.15) is 0 Å². The summed E-state index contributed by atoms with van der Waals surface area (Å²) >= 11 is 8.14. The second kappa shape index (κ2) is 7.30. The van der Waals surface area contributed by atoms with E-state index >= 15 is 0 Å². The molecule has 0 bridgehead atoms. The Balaban J connectivity index is 1.63. The number of hydrogen-bond donors (Lipinski definition) is 0. The zero-order valence-electron chi connectivity index (χ0n) is 15.6. The van der Waals surface area contributed by atoms with Crippen LogP contribution in [0.3, 0.4) is 0 Å². The van der Waals surface area contributed by atoms with Crippen LogP contribution < -0.4 is 0 Å². The molecular weight excluding hydrogens is 388 g/mol. The summed E-state index contributed by atoms with van der Waals surface area (Å²) in [4.78, 5) is 12.3. The van der Waals surface area contributed by atoms with Gasteiger partial charge in [0.2, 0.25) is 0 Å². The third-order valence-electron chi connectivity index (χ3n) is 5.50. The van der Waals surface area contributed by atoms with Crippen LogP contribution in [-0.2, 0) is 0 Å². The van der Waals surface area contributed by atoms with E-state index in [0.717, 1.165) is 33.7 Å². The van der Waals surface area contributed by atoms with Crippen molar-refractivity contribution >= 4 is 28.5 Å². The van der Waals surface area contributed by atoms with E-state index in [2.05, 4.69) is 51.8 Å². The molecule has 28 heavy (non-hydrogen) atoms. The lowest BCUT2D eigenvalue weighted by Gasteiger charge is -2.32. The fourth-order valence-electron chi connectivity index (χ4n) is 4.17. The van der Waals surface area contributed by atoms with E-state index in [1.807, 2.05) is 48.3 Å². The van der Waals surface area contributed by atoms with Gasteiger partial charge in [0.05, 0.1) is 5.69 Å². The monoisotopic (exact) mass is 408 g/mol. The molecule has 3 unspecified atom stereocenters. The van der Waals surface area contributed by atoms with Gasteiger partial charge in [-0.1, -0.05) is 42.4 Å². The predicted molar refractivity (Wildman–Crippen MR) is 116 cm³/mol. The van der Waals surface area contributed by atoms with Crippen LogP contribution in [0.4, 0.5) is 0 Å². The average Bonchev–Trinajstić information content (AvgIpc) is 3.43. The van der Waals surface area contributed by atoms with Crippen LogP contribution in [0, 0.1) is 0 Å². The highest BCUT2D eigenvalue weighted by atomic mass is 35.5. The van der Waals surface area contributed by atoms with E-state index in [-0.39, 0.29) is 12.1 Å². The molecule has 3 aromatic rings. The van der Waals surface area contributed by atoms with Gasteiger partial charge in [0.15, 0.2) is 5.17 Å². The van der Waals surface area contributed by atoms with Gasteiger partial charge < -0.3 is 9.47 Å². The molecule has 0 amide bonds. The van der Waals surface area contributed by atoms with Crippen LogP contribution in [0.2, 0.25) is 5.02 Å². The third-order valence-corrected chi connectivity index (χ3v) is 6.86. The summed E-state index contributed by atoms with van der Waals surface area (Å²) < 4.78 is 2.24. The van der Waals surface area contributed by atoms with Crippen molar-refractivity contribution in [3.05, 3.63) is 83.4 Å². The van der Waals surface area contributed by atoms with Gasteiger partial charge in [-0.3, -0.25) is 9.98 Å². The van der Waals surface area contributed by atoms with Crippen LogP contribution >= 0.6 is 23.4 Å². The molecule has 0 spiro atoms. The molecule has 142 valence electrons. The third kappa shape index (κ3) is 2.93. The van der Waals surface area contributed by atoms with Gasteiger partial charge in [0.1, 0.15) is 12.1 Å². The second-order valence-electron chi connectivity index (χ2n) is 7.12. The van der Waals surface area contributed by atoms with Gasteiger partial charge >= 0.3 is 0 Å². The smallest absolute Gasteiger partial charge is 0.160 e.